The maximum atomic E-state index is 13.4. The van der Waals surface area contributed by atoms with Crippen LogP contribution in [0.2, 0.25) is 0 Å². The third-order valence-electron chi connectivity index (χ3n) is 17.3. The molecule has 17 unspecified atom stereocenters. The molecule has 17 atom stereocenters. The van der Waals surface area contributed by atoms with Gasteiger partial charge in [0.15, 0.2) is 18.9 Å². The zero-order valence-corrected chi connectivity index (χ0v) is 54.2. The first-order valence-electron chi connectivity index (χ1n) is 34.9. The first kappa shape index (κ1) is 80.0. The summed E-state index contributed by atoms with van der Waals surface area (Å²) in [4.78, 5) is 13.4. The smallest absolute Gasteiger partial charge is 0.220 e. The molecule has 19 heteroatoms. The minimum absolute atomic E-state index is 0.226. The van der Waals surface area contributed by atoms with Crippen molar-refractivity contribution in [2.24, 2.45) is 0 Å². The van der Waals surface area contributed by atoms with E-state index >= 15 is 0 Å². The van der Waals surface area contributed by atoms with Gasteiger partial charge in [0.25, 0.3) is 0 Å². The maximum Gasteiger partial charge on any atom is 0.220 e. The number of hydrogen-bond acceptors (Lipinski definition) is 18. The highest BCUT2D eigenvalue weighted by Crippen LogP contribution is 2.33. The number of hydrogen-bond donors (Lipinski definition) is 12. The Morgan fingerprint density at radius 1 is 0.409 bits per heavy atom. The predicted octanol–water partition coefficient (Wildman–Crippen LogP) is 9.00. The standard InChI is InChI=1S/C69H125NO18/c1-3-5-7-9-11-13-15-17-19-21-22-23-24-25-26-27-28-29-31-32-34-36-38-40-42-44-46-53(74)52(70-57(75)47-45-43-41-39-37-35-33-30-20-18-16-14-12-10-8-6-4-2)51-83-67-63(81)60(78)65(55(49-72)85-67)88-69-64(82)61(79)66(56(50-73)86-69)87-68-62(80)59(77)58(76)54(48-71)84-68/h12,14,18,20,36,38,44,46,52-56,58-69,71-74,76-82H,3-11,13,15-17,19,21-35,37,39-43,45,47-51H2,1-2H3,(H,70,75)/b14-12-,20-18-,38-36+,46-44+. The van der Waals surface area contributed by atoms with Crippen LogP contribution in [0.1, 0.15) is 251 Å². The van der Waals surface area contributed by atoms with Gasteiger partial charge < -0.3 is 89.9 Å². The quantitative estimate of drug-likeness (QED) is 0.0200. The van der Waals surface area contributed by atoms with E-state index in [2.05, 4.69) is 55.6 Å². The summed E-state index contributed by atoms with van der Waals surface area (Å²) in [6.45, 7) is 1.70. The summed E-state index contributed by atoms with van der Waals surface area (Å²) < 4.78 is 34.3. The van der Waals surface area contributed by atoms with E-state index < -0.39 is 124 Å². The number of rotatable bonds is 53. The Kier molecular flexibility index (Phi) is 46.5. The van der Waals surface area contributed by atoms with Crippen LogP contribution in [-0.2, 0) is 33.2 Å². The number of unbranched alkanes of at least 4 members (excludes halogenated alkanes) is 31. The van der Waals surface area contributed by atoms with Crippen LogP contribution < -0.4 is 5.32 Å². The molecule has 514 valence electrons. The molecule has 0 aromatic rings. The molecule has 3 aliphatic rings. The van der Waals surface area contributed by atoms with Crippen LogP contribution >= 0.6 is 0 Å². The van der Waals surface area contributed by atoms with E-state index in [1.807, 2.05) is 6.08 Å². The zero-order valence-electron chi connectivity index (χ0n) is 54.2. The van der Waals surface area contributed by atoms with Crippen molar-refractivity contribution in [3.63, 3.8) is 0 Å². The number of carbonyl (C=O) groups is 1. The van der Waals surface area contributed by atoms with Crippen molar-refractivity contribution in [3.8, 4) is 0 Å². The van der Waals surface area contributed by atoms with Crippen molar-refractivity contribution in [1.82, 2.24) is 5.32 Å². The zero-order chi connectivity index (χ0) is 64.0. The second-order valence-corrected chi connectivity index (χ2v) is 25.0. The summed E-state index contributed by atoms with van der Waals surface area (Å²) in [6, 6.07) is -0.996. The van der Waals surface area contributed by atoms with E-state index in [1.54, 1.807) is 6.08 Å². The van der Waals surface area contributed by atoms with E-state index in [4.69, 9.17) is 28.4 Å². The average Bonchev–Trinajstić information content (AvgIpc) is 3.72. The van der Waals surface area contributed by atoms with Crippen molar-refractivity contribution < 1.29 is 89.4 Å². The molecule has 1 amide bonds. The molecule has 88 heavy (non-hydrogen) atoms. The average molecular weight is 1260 g/mol. The number of aliphatic hydroxyl groups is 11. The molecule has 3 heterocycles. The Balaban J connectivity index is 1.45. The normalized spacial score (nSPS) is 28.7. The van der Waals surface area contributed by atoms with Crippen molar-refractivity contribution in [2.45, 2.75) is 356 Å². The molecule has 0 radical (unpaired) electrons. The highest BCUT2D eigenvalue weighted by Gasteiger charge is 2.53. The van der Waals surface area contributed by atoms with Gasteiger partial charge in [0.05, 0.1) is 38.6 Å². The summed E-state index contributed by atoms with van der Waals surface area (Å²) in [7, 11) is 0. The van der Waals surface area contributed by atoms with Crippen LogP contribution in [0.5, 0.6) is 0 Å². The third kappa shape index (κ3) is 33.0. The molecule has 3 aliphatic heterocycles. The molecule has 3 saturated heterocycles. The molecule has 0 aromatic heterocycles. The molecule has 12 N–H and O–H groups in total. The van der Waals surface area contributed by atoms with Gasteiger partial charge >= 0.3 is 0 Å². The molecular weight excluding hydrogens is 1130 g/mol. The van der Waals surface area contributed by atoms with Crippen LogP contribution in [0.3, 0.4) is 0 Å². The lowest BCUT2D eigenvalue weighted by Gasteiger charge is -2.48. The fourth-order valence-electron chi connectivity index (χ4n) is 11.6. The highest BCUT2D eigenvalue weighted by atomic mass is 16.8. The molecule has 3 fully saturated rings. The van der Waals surface area contributed by atoms with E-state index in [0.29, 0.717) is 12.8 Å². The topological polar surface area (TPSA) is 307 Å². The summed E-state index contributed by atoms with van der Waals surface area (Å²) >= 11 is 0. The van der Waals surface area contributed by atoms with Gasteiger partial charge in [-0.1, -0.05) is 229 Å². The van der Waals surface area contributed by atoms with E-state index in [9.17, 15) is 61.0 Å². The van der Waals surface area contributed by atoms with Gasteiger partial charge in [-0.3, -0.25) is 4.79 Å². The van der Waals surface area contributed by atoms with Crippen LogP contribution in [0.25, 0.3) is 0 Å². The summed E-state index contributed by atoms with van der Waals surface area (Å²) in [5, 5.41) is 120. The Hall–Kier alpha value is -2.25. The number of ether oxygens (including phenoxy) is 6. The van der Waals surface area contributed by atoms with Crippen LogP contribution in [0.15, 0.2) is 48.6 Å². The lowest BCUT2D eigenvalue weighted by Crippen LogP contribution is -2.66. The maximum absolute atomic E-state index is 13.4. The number of allylic oxidation sites excluding steroid dienone is 7. The molecule has 0 saturated carbocycles. The van der Waals surface area contributed by atoms with Crippen molar-refractivity contribution in [1.29, 1.82) is 0 Å². The fraction of sp³-hybridized carbons (Fsp3) is 0.870. The van der Waals surface area contributed by atoms with Gasteiger partial charge in [-0.05, 0) is 64.2 Å². The van der Waals surface area contributed by atoms with E-state index in [1.165, 1.54) is 141 Å². The van der Waals surface area contributed by atoms with Gasteiger partial charge in [-0.2, -0.15) is 0 Å². The first-order chi connectivity index (χ1) is 42.8. The summed E-state index contributed by atoms with van der Waals surface area (Å²) in [6.07, 6.45) is 33.8. The summed E-state index contributed by atoms with van der Waals surface area (Å²) in [5.74, 6) is -0.293. The Labute approximate surface area is 529 Å². The highest BCUT2D eigenvalue weighted by molar-refractivity contribution is 5.76. The molecule has 0 aromatic carbocycles. The molecule has 3 rings (SSSR count). The lowest BCUT2D eigenvalue weighted by molar-refractivity contribution is -0.379. The molecule has 19 nitrogen and oxygen atoms in total. The van der Waals surface area contributed by atoms with Gasteiger partial charge in [-0.25, -0.2) is 0 Å². The third-order valence-corrected chi connectivity index (χ3v) is 17.3. The number of carbonyl (C=O) groups excluding carboxylic acids is 1. The second-order valence-electron chi connectivity index (χ2n) is 25.0. The Morgan fingerprint density at radius 2 is 0.761 bits per heavy atom. The number of amides is 1. The van der Waals surface area contributed by atoms with E-state index in [0.717, 1.165) is 77.0 Å². The van der Waals surface area contributed by atoms with Crippen LogP contribution in [-0.4, -0.2) is 193 Å². The van der Waals surface area contributed by atoms with Crippen LogP contribution in [0, 0.1) is 0 Å². The SMILES string of the molecule is CCCCC/C=C\C/C=C\CCCCCCCCCC(=O)NC(COC1OC(CO)C(OC2OC(CO)C(OC3OC(CO)C(O)C(O)C3O)C(O)C2O)C(O)C1O)C(O)/C=C/CC/C=C/CCCCCCCCCCCCCCCCCCCCCC. The minimum Gasteiger partial charge on any atom is -0.394 e. The fourth-order valence-corrected chi connectivity index (χ4v) is 11.6. The Bertz CT molecular complexity index is 1790. The van der Waals surface area contributed by atoms with Crippen LogP contribution in [0.4, 0.5) is 0 Å². The van der Waals surface area contributed by atoms with Gasteiger partial charge in [0.2, 0.25) is 5.91 Å². The molecule has 0 aliphatic carbocycles. The molecular formula is C69H125NO18. The van der Waals surface area contributed by atoms with Gasteiger partial charge in [0.1, 0.15) is 73.2 Å². The first-order valence-corrected chi connectivity index (χ1v) is 34.9. The number of nitrogens with one attached hydrogen (secondary N) is 1. The summed E-state index contributed by atoms with van der Waals surface area (Å²) in [5.41, 5.74) is 0. The minimum atomic E-state index is -1.98. The largest absolute Gasteiger partial charge is 0.394 e. The lowest BCUT2D eigenvalue weighted by atomic mass is 9.96. The van der Waals surface area contributed by atoms with Gasteiger partial charge in [-0.15, -0.1) is 0 Å². The van der Waals surface area contributed by atoms with Crippen molar-refractivity contribution in [2.75, 3.05) is 26.4 Å². The van der Waals surface area contributed by atoms with E-state index in [-0.39, 0.29) is 18.9 Å². The number of aliphatic hydroxyl groups excluding tert-OH is 11. The van der Waals surface area contributed by atoms with Crippen molar-refractivity contribution in [3.05, 3.63) is 48.6 Å². The molecule has 0 bridgehead atoms. The molecule has 0 spiro atoms. The van der Waals surface area contributed by atoms with Gasteiger partial charge in [0, 0.05) is 6.42 Å². The predicted molar refractivity (Wildman–Crippen MR) is 342 cm³/mol. The second kappa shape index (κ2) is 51.2. The monoisotopic (exact) mass is 1260 g/mol. The van der Waals surface area contributed by atoms with Crippen molar-refractivity contribution >= 4 is 5.91 Å². The Morgan fingerprint density at radius 3 is 1.23 bits per heavy atom.